The zero-order valence-electron chi connectivity index (χ0n) is 17.0. The summed E-state index contributed by atoms with van der Waals surface area (Å²) >= 11 is 0. The average molecular weight is 371 g/mol. The van der Waals surface area contributed by atoms with Gasteiger partial charge in [0.1, 0.15) is 5.75 Å². The molecule has 0 bridgehead atoms. The van der Waals surface area contributed by atoms with E-state index in [0.717, 1.165) is 36.3 Å². The van der Waals surface area contributed by atoms with E-state index in [1.165, 1.54) is 44.9 Å². The second-order valence-electron chi connectivity index (χ2n) is 6.98. The van der Waals surface area contributed by atoms with Crippen LogP contribution in [-0.2, 0) is 0 Å². The summed E-state index contributed by atoms with van der Waals surface area (Å²) in [5.74, 6) is 1.49. The fourth-order valence-corrected chi connectivity index (χ4v) is 2.94. The highest BCUT2D eigenvalue weighted by atomic mass is 16.5. The molecular formula is C23H34N2O2. The first kappa shape index (κ1) is 21.2. The van der Waals surface area contributed by atoms with Crippen LogP contribution in [0.2, 0.25) is 0 Å². The minimum atomic E-state index is 0.593. The van der Waals surface area contributed by atoms with Crippen LogP contribution in [0.4, 0.5) is 0 Å². The van der Waals surface area contributed by atoms with Crippen LogP contribution >= 0.6 is 0 Å². The Morgan fingerprint density at radius 2 is 1.44 bits per heavy atom. The third kappa shape index (κ3) is 8.42. The lowest BCUT2D eigenvalue weighted by Gasteiger charge is -2.09. The van der Waals surface area contributed by atoms with Crippen molar-refractivity contribution in [3.63, 3.8) is 0 Å². The highest BCUT2D eigenvalue weighted by Gasteiger charge is 2.04. The lowest BCUT2D eigenvalue weighted by Crippen LogP contribution is -2.00. The summed E-state index contributed by atoms with van der Waals surface area (Å²) in [4.78, 5) is 0. The molecule has 2 aromatic rings. The molecular weight excluding hydrogens is 336 g/mol. The number of benzene rings is 1. The van der Waals surface area contributed by atoms with E-state index in [2.05, 4.69) is 36.2 Å². The third-order valence-corrected chi connectivity index (χ3v) is 4.56. The monoisotopic (exact) mass is 370 g/mol. The molecule has 148 valence electrons. The zero-order chi connectivity index (χ0) is 19.2. The Balaban J connectivity index is 1.83. The van der Waals surface area contributed by atoms with Crippen LogP contribution in [0.5, 0.6) is 11.6 Å². The van der Waals surface area contributed by atoms with Gasteiger partial charge < -0.3 is 9.47 Å². The maximum absolute atomic E-state index is 5.85. The van der Waals surface area contributed by atoms with E-state index in [-0.39, 0.29) is 0 Å². The van der Waals surface area contributed by atoms with Gasteiger partial charge in [0.15, 0.2) is 0 Å². The van der Waals surface area contributed by atoms with Crippen LogP contribution in [0.1, 0.15) is 71.6 Å². The Morgan fingerprint density at radius 1 is 0.741 bits per heavy atom. The van der Waals surface area contributed by atoms with Gasteiger partial charge in [-0.1, -0.05) is 70.9 Å². The van der Waals surface area contributed by atoms with Gasteiger partial charge >= 0.3 is 0 Å². The molecule has 0 radical (unpaired) electrons. The summed E-state index contributed by atoms with van der Waals surface area (Å²) in [5.41, 5.74) is 2.07. The molecule has 0 N–H and O–H groups in total. The summed E-state index contributed by atoms with van der Waals surface area (Å²) in [5, 5.41) is 8.20. The molecule has 0 unspecified atom stereocenters. The van der Waals surface area contributed by atoms with Gasteiger partial charge in [-0.3, -0.25) is 0 Å². The van der Waals surface area contributed by atoms with Crippen LogP contribution in [-0.4, -0.2) is 23.4 Å². The van der Waals surface area contributed by atoms with Crippen LogP contribution in [0.3, 0.4) is 0 Å². The highest BCUT2D eigenvalue weighted by molar-refractivity contribution is 5.64. The molecule has 0 saturated heterocycles. The normalized spacial score (nSPS) is 10.7. The maximum Gasteiger partial charge on any atom is 0.233 e. The summed E-state index contributed by atoms with van der Waals surface area (Å²) in [7, 11) is 0. The first-order chi connectivity index (χ1) is 13.3. The fraction of sp³-hybridized carbons (Fsp3) is 0.565. The van der Waals surface area contributed by atoms with Gasteiger partial charge in [0, 0.05) is 11.6 Å². The van der Waals surface area contributed by atoms with Crippen molar-refractivity contribution in [3.8, 4) is 22.8 Å². The predicted octanol–water partition coefficient (Wildman–Crippen LogP) is 6.45. The lowest BCUT2D eigenvalue weighted by molar-refractivity contribution is 0.290. The van der Waals surface area contributed by atoms with Gasteiger partial charge in [-0.15, -0.1) is 5.10 Å². The molecule has 4 nitrogen and oxygen atoms in total. The number of rotatable bonds is 14. The summed E-state index contributed by atoms with van der Waals surface area (Å²) < 4.78 is 11.6. The SMILES string of the molecule is CCCCCCCCOc1cc(-c2cccc(OCCCCC)c2)cnn1. The third-order valence-electron chi connectivity index (χ3n) is 4.56. The van der Waals surface area contributed by atoms with Gasteiger partial charge in [-0.05, 0) is 30.5 Å². The van der Waals surface area contributed by atoms with E-state index in [0.29, 0.717) is 12.5 Å². The Labute approximate surface area is 164 Å². The molecule has 0 aliphatic carbocycles. The molecule has 1 aromatic heterocycles. The summed E-state index contributed by atoms with van der Waals surface area (Å²) in [6.45, 7) is 5.90. The average Bonchev–Trinajstić information content (AvgIpc) is 2.71. The largest absolute Gasteiger partial charge is 0.494 e. The molecule has 0 saturated carbocycles. The van der Waals surface area contributed by atoms with E-state index in [9.17, 15) is 0 Å². The first-order valence-corrected chi connectivity index (χ1v) is 10.5. The molecule has 0 spiro atoms. The molecule has 0 atom stereocenters. The minimum Gasteiger partial charge on any atom is -0.494 e. The van der Waals surface area contributed by atoms with E-state index >= 15 is 0 Å². The van der Waals surface area contributed by atoms with Gasteiger partial charge in [0.25, 0.3) is 0 Å². The van der Waals surface area contributed by atoms with Gasteiger partial charge in [0.2, 0.25) is 5.88 Å². The molecule has 0 fully saturated rings. The van der Waals surface area contributed by atoms with Crippen molar-refractivity contribution in [2.75, 3.05) is 13.2 Å². The van der Waals surface area contributed by atoms with Crippen molar-refractivity contribution in [3.05, 3.63) is 36.5 Å². The van der Waals surface area contributed by atoms with Crippen LogP contribution in [0, 0.1) is 0 Å². The molecule has 27 heavy (non-hydrogen) atoms. The molecule has 4 heteroatoms. The number of hydrogen-bond acceptors (Lipinski definition) is 4. The van der Waals surface area contributed by atoms with Crippen LogP contribution in [0.15, 0.2) is 36.5 Å². The van der Waals surface area contributed by atoms with Crippen LogP contribution < -0.4 is 9.47 Å². The quantitative estimate of drug-likeness (QED) is 0.358. The van der Waals surface area contributed by atoms with Crippen molar-refractivity contribution in [1.29, 1.82) is 0 Å². The lowest BCUT2D eigenvalue weighted by atomic mass is 10.1. The molecule has 2 rings (SSSR count). The van der Waals surface area contributed by atoms with E-state index in [1.807, 2.05) is 18.2 Å². The highest BCUT2D eigenvalue weighted by Crippen LogP contribution is 2.25. The van der Waals surface area contributed by atoms with Crippen molar-refractivity contribution < 1.29 is 9.47 Å². The van der Waals surface area contributed by atoms with Gasteiger partial charge in [-0.2, -0.15) is 5.10 Å². The molecule has 1 heterocycles. The Morgan fingerprint density at radius 3 is 2.30 bits per heavy atom. The number of ether oxygens (including phenoxy) is 2. The predicted molar refractivity (Wildman–Crippen MR) is 111 cm³/mol. The van der Waals surface area contributed by atoms with E-state index < -0.39 is 0 Å². The van der Waals surface area contributed by atoms with Crippen molar-refractivity contribution in [2.45, 2.75) is 71.6 Å². The molecule has 0 aliphatic rings. The second kappa shape index (κ2) is 13.1. The van der Waals surface area contributed by atoms with Crippen molar-refractivity contribution >= 4 is 0 Å². The molecule has 1 aromatic carbocycles. The number of nitrogens with zero attached hydrogens (tertiary/aromatic N) is 2. The van der Waals surface area contributed by atoms with Crippen molar-refractivity contribution in [2.24, 2.45) is 0 Å². The zero-order valence-corrected chi connectivity index (χ0v) is 17.0. The summed E-state index contributed by atoms with van der Waals surface area (Å²) in [6.07, 6.45) is 12.8. The Bertz CT molecular complexity index is 646. The fourth-order valence-electron chi connectivity index (χ4n) is 2.94. The maximum atomic E-state index is 5.85. The molecule has 0 aliphatic heterocycles. The van der Waals surface area contributed by atoms with E-state index in [1.54, 1.807) is 6.20 Å². The van der Waals surface area contributed by atoms with E-state index in [4.69, 9.17) is 9.47 Å². The Hall–Kier alpha value is -2.10. The first-order valence-electron chi connectivity index (χ1n) is 10.5. The number of aromatic nitrogens is 2. The van der Waals surface area contributed by atoms with Crippen molar-refractivity contribution in [1.82, 2.24) is 10.2 Å². The topological polar surface area (TPSA) is 44.2 Å². The smallest absolute Gasteiger partial charge is 0.233 e. The van der Waals surface area contributed by atoms with Crippen LogP contribution in [0.25, 0.3) is 11.1 Å². The second-order valence-corrected chi connectivity index (χ2v) is 6.98. The Kier molecular flexibility index (Phi) is 10.3. The summed E-state index contributed by atoms with van der Waals surface area (Å²) in [6, 6.07) is 10.1. The number of unbranched alkanes of at least 4 members (excludes halogenated alkanes) is 7. The standard InChI is InChI=1S/C23H34N2O2/c1-3-5-7-8-9-11-16-27-23-18-21(19-24-25-23)20-13-12-14-22(17-20)26-15-10-6-4-2/h12-14,17-19H,3-11,15-16H2,1-2H3. The minimum absolute atomic E-state index is 0.593. The van der Waals surface area contributed by atoms with Gasteiger partial charge in [-0.25, -0.2) is 0 Å². The number of hydrogen-bond donors (Lipinski definition) is 0. The molecule has 0 amide bonds. The van der Waals surface area contributed by atoms with Gasteiger partial charge in [0.05, 0.1) is 19.4 Å².